The van der Waals surface area contributed by atoms with Crippen molar-refractivity contribution in [3.8, 4) is 0 Å². The first-order chi connectivity index (χ1) is 6.36. The van der Waals surface area contributed by atoms with Gasteiger partial charge in [-0.15, -0.1) is 11.6 Å². The van der Waals surface area contributed by atoms with Crippen molar-refractivity contribution < 1.29 is 0 Å². The number of halogens is 1. The van der Waals surface area contributed by atoms with Crippen molar-refractivity contribution in [1.82, 2.24) is 0 Å². The highest BCUT2D eigenvalue weighted by molar-refractivity contribution is 6.17. The third kappa shape index (κ3) is 3.97. The second kappa shape index (κ2) is 6.22. The van der Waals surface area contributed by atoms with Crippen molar-refractivity contribution in [1.29, 1.82) is 0 Å². The lowest BCUT2D eigenvalue weighted by atomic mass is 10.1. The number of aryl methyl sites for hydroxylation is 1. The largest absolute Gasteiger partial charge is 0.122 e. The molecule has 0 aliphatic rings. The molecular weight excluding hydrogens is 196 g/mol. The van der Waals surface area contributed by atoms with E-state index in [0.717, 1.165) is 0 Å². The lowest BCUT2D eigenvalue weighted by Gasteiger charge is -2.01. The lowest BCUT2D eigenvalue weighted by molar-refractivity contribution is 0.794. The molecule has 0 nitrogen and oxygen atoms in total. The molecule has 0 unspecified atom stereocenters. The van der Waals surface area contributed by atoms with E-state index in [1.165, 1.54) is 46.7 Å². The smallest absolute Gasteiger partial charge is 0.0474 e. The monoisotopic (exact) mass is 212 g/mol. The summed E-state index contributed by atoms with van der Waals surface area (Å²) in [5.41, 5.74) is 2.66. The average molecular weight is 213 g/mol. The Morgan fingerprint density at radius 2 is 1.62 bits per heavy atom. The van der Waals surface area contributed by atoms with Crippen molar-refractivity contribution in [3.63, 3.8) is 0 Å². The molecule has 1 aromatic carbocycles. The molecule has 0 aromatic heterocycles. The van der Waals surface area contributed by atoms with Gasteiger partial charge in [0.15, 0.2) is 0 Å². The average Bonchev–Trinajstić information content (AvgIpc) is 2.19. The predicted octanol–water partition coefficient (Wildman–Crippen LogP) is 2.53. The Labute approximate surface area is 88.7 Å². The molecule has 0 fully saturated rings. The maximum absolute atomic E-state index is 5.71. The third-order valence-corrected chi connectivity index (χ3v) is 3.26. The number of benzene rings is 1. The Kier molecular flexibility index (Phi) is 5.17. The number of alkyl halides is 1. The lowest BCUT2D eigenvalue weighted by Crippen LogP contribution is -1.86. The maximum atomic E-state index is 5.71. The molecule has 1 aromatic rings. The van der Waals surface area contributed by atoms with Crippen LogP contribution in [-0.4, -0.2) is 10.2 Å². The van der Waals surface area contributed by atoms with Gasteiger partial charge in [-0.25, -0.2) is 0 Å². The highest BCUT2D eigenvalue weighted by Crippen LogP contribution is 2.09. The first-order valence-electron chi connectivity index (χ1n) is 5.00. The minimum Gasteiger partial charge on any atom is -0.122 e. The van der Waals surface area contributed by atoms with Crippen LogP contribution in [0.4, 0.5) is 0 Å². The molecule has 2 heteroatoms. The summed E-state index contributed by atoms with van der Waals surface area (Å²) in [5, 5.41) is 0. The molecule has 0 aliphatic heterocycles. The zero-order valence-corrected chi connectivity index (χ0v) is 11.0. The summed E-state index contributed by atoms with van der Waals surface area (Å²) in [6.45, 7) is 0. The van der Waals surface area contributed by atoms with Crippen molar-refractivity contribution in [2.24, 2.45) is 0 Å². The van der Waals surface area contributed by atoms with Gasteiger partial charge < -0.3 is 0 Å². The van der Waals surface area contributed by atoms with E-state index in [1.807, 2.05) is 0 Å². The fourth-order valence-corrected chi connectivity index (χ4v) is 2.05. The Balaban J connectivity index is 2.40. The summed E-state index contributed by atoms with van der Waals surface area (Å²) in [7, 11) is 1.35. The Morgan fingerprint density at radius 3 is 2.15 bits per heavy atom. The van der Waals surface area contributed by atoms with Gasteiger partial charge in [0.2, 0.25) is 0 Å². The van der Waals surface area contributed by atoms with Crippen molar-refractivity contribution in [2.75, 3.05) is 0 Å². The van der Waals surface area contributed by atoms with Gasteiger partial charge >= 0.3 is 0 Å². The molecule has 1 rings (SSSR count). The molecule has 0 saturated heterocycles. The number of hydrogen-bond acceptors (Lipinski definition) is 0. The zero-order chi connectivity index (χ0) is 9.52. The summed E-state index contributed by atoms with van der Waals surface area (Å²) in [6, 6.07) is 10.1. The van der Waals surface area contributed by atoms with Gasteiger partial charge in [0, 0.05) is 16.1 Å². The van der Waals surface area contributed by atoms with Gasteiger partial charge in [0.05, 0.1) is 0 Å². The molecule has 0 spiro atoms. The first kappa shape index (κ1) is 10.8. The van der Waals surface area contributed by atoms with E-state index in [0.29, 0.717) is 5.88 Å². The van der Waals surface area contributed by atoms with Crippen LogP contribution < -0.4 is 0 Å². The van der Waals surface area contributed by atoms with Gasteiger partial charge in [0.1, 0.15) is 0 Å². The first-order valence-corrected chi connectivity index (χ1v) is 6.95. The molecule has 0 N–H and O–H groups in total. The van der Waals surface area contributed by atoms with E-state index < -0.39 is 0 Å². The maximum Gasteiger partial charge on any atom is 0.0474 e. The number of unbranched alkanes of at least 4 members (excludes halogenated alkanes) is 1. The fraction of sp³-hybridized carbons (Fsp3) is 0.455. The molecule has 0 bridgehead atoms. The van der Waals surface area contributed by atoms with Crippen molar-refractivity contribution in [2.45, 2.75) is 31.2 Å². The van der Waals surface area contributed by atoms with Gasteiger partial charge in [0.25, 0.3) is 0 Å². The van der Waals surface area contributed by atoms with Crippen LogP contribution in [0, 0.1) is 0 Å². The van der Waals surface area contributed by atoms with E-state index in [4.69, 9.17) is 11.6 Å². The Morgan fingerprint density at radius 1 is 1.00 bits per heavy atom. The predicted molar refractivity (Wildman–Crippen MR) is 63.7 cm³/mol. The van der Waals surface area contributed by atoms with Crippen LogP contribution in [-0.2, 0) is 12.3 Å². The van der Waals surface area contributed by atoms with E-state index >= 15 is 0 Å². The molecular formula is C11H17ClSi. The van der Waals surface area contributed by atoms with Crippen LogP contribution in [0.25, 0.3) is 0 Å². The Bertz CT molecular complexity index is 230. The summed E-state index contributed by atoms with van der Waals surface area (Å²) in [5.74, 6) is 0.626. The third-order valence-electron chi connectivity index (χ3n) is 2.25. The minimum absolute atomic E-state index is 0.626. The summed E-state index contributed by atoms with van der Waals surface area (Å²) in [6.07, 6.45) is 3.96. The van der Waals surface area contributed by atoms with Gasteiger partial charge in [-0.2, -0.15) is 0 Å². The standard InChI is InChI=1S/C11H17ClSi/c12-9-11-6-4-10(5-7-11)3-1-2-8-13/h4-7H,1-3,8-9H2,13H3. The summed E-state index contributed by atoms with van der Waals surface area (Å²) >= 11 is 5.71. The van der Waals surface area contributed by atoms with E-state index in [-0.39, 0.29) is 0 Å². The van der Waals surface area contributed by atoms with Crippen LogP contribution in [0.15, 0.2) is 24.3 Å². The Hall–Kier alpha value is -0.273. The van der Waals surface area contributed by atoms with Gasteiger partial charge in [-0.3, -0.25) is 0 Å². The normalized spacial score (nSPS) is 10.5. The van der Waals surface area contributed by atoms with Gasteiger partial charge in [-0.1, -0.05) is 36.7 Å². The van der Waals surface area contributed by atoms with Crippen LogP contribution in [0.2, 0.25) is 6.04 Å². The van der Waals surface area contributed by atoms with E-state index in [1.54, 1.807) is 0 Å². The molecule has 0 heterocycles. The van der Waals surface area contributed by atoms with Crippen LogP contribution in [0.3, 0.4) is 0 Å². The molecule has 0 amide bonds. The molecule has 13 heavy (non-hydrogen) atoms. The van der Waals surface area contributed by atoms with E-state index in [2.05, 4.69) is 24.3 Å². The highest BCUT2D eigenvalue weighted by atomic mass is 35.5. The highest BCUT2D eigenvalue weighted by Gasteiger charge is 1.93. The second-order valence-electron chi connectivity index (χ2n) is 3.41. The van der Waals surface area contributed by atoms with Crippen molar-refractivity contribution in [3.05, 3.63) is 35.4 Å². The number of rotatable bonds is 5. The summed E-state index contributed by atoms with van der Waals surface area (Å²) < 4.78 is 0. The van der Waals surface area contributed by atoms with Crippen molar-refractivity contribution >= 4 is 21.8 Å². The molecule has 72 valence electrons. The molecule has 0 radical (unpaired) electrons. The van der Waals surface area contributed by atoms with Crippen LogP contribution in [0.5, 0.6) is 0 Å². The summed E-state index contributed by atoms with van der Waals surface area (Å²) in [4.78, 5) is 0. The zero-order valence-electron chi connectivity index (χ0n) is 8.22. The molecule has 0 atom stereocenters. The number of hydrogen-bond donors (Lipinski definition) is 0. The van der Waals surface area contributed by atoms with E-state index in [9.17, 15) is 0 Å². The fourth-order valence-electron chi connectivity index (χ4n) is 1.37. The minimum atomic E-state index is 0.626. The topological polar surface area (TPSA) is 0 Å². The SMILES string of the molecule is [SiH3]CCCCc1ccc(CCl)cc1. The molecule has 0 saturated carbocycles. The van der Waals surface area contributed by atoms with Crippen LogP contribution in [0.1, 0.15) is 24.0 Å². The van der Waals surface area contributed by atoms with Gasteiger partial charge in [-0.05, 0) is 24.0 Å². The van der Waals surface area contributed by atoms with Crippen LogP contribution >= 0.6 is 11.6 Å². The second-order valence-corrected chi connectivity index (χ2v) is 4.67. The quantitative estimate of drug-likeness (QED) is 0.400. The molecule has 0 aliphatic carbocycles.